The second kappa shape index (κ2) is 6.48. The maximum atomic E-state index is 12.0. The minimum atomic E-state index is -0.103. The molecule has 4 heteroatoms. The molecule has 1 amide bonds. The standard InChI is InChI=1S/C15H15BrN2O/c1-11-5-2-3-6-12(11)8-10-18-15(19)13-7-4-9-17-14(13)16/h2-7,9H,8,10H2,1H3,(H,18,19). The van der Waals surface area contributed by atoms with Crippen LogP contribution in [0.3, 0.4) is 0 Å². The molecule has 0 saturated heterocycles. The fraction of sp³-hybridized carbons (Fsp3) is 0.200. The summed E-state index contributed by atoms with van der Waals surface area (Å²) in [4.78, 5) is 16.0. The molecule has 0 bridgehead atoms. The van der Waals surface area contributed by atoms with Gasteiger partial charge in [-0.05, 0) is 52.5 Å². The third-order valence-corrected chi connectivity index (χ3v) is 3.58. The lowest BCUT2D eigenvalue weighted by Gasteiger charge is -2.08. The van der Waals surface area contributed by atoms with Crippen LogP contribution >= 0.6 is 15.9 Å². The van der Waals surface area contributed by atoms with Crippen molar-refractivity contribution in [1.82, 2.24) is 10.3 Å². The predicted molar refractivity (Wildman–Crippen MR) is 79.2 cm³/mol. The van der Waals surface area contributed by atoms with Crippen molar-refractivity contribution >= 4 is 21.8 Å². The van der Waals surface area contributed by atoms with Crippen LogP contribution in [0, 0.1) is 6.92 Å². The molecule has 1 aromatic carbocycles. The Morgan fingerprint density at radius 2 is 2.05 bits per heavy atom. The number of nitrogens with one attached hydrogen (secondary N) is 1. The number of nitrogens with zero attached hydrogens (tertiary/aromatic N) is 1. The van der Waals surface area contributed by atoms with E-state index in [9.17, 15) is 4.79 Å². The van der Waals surface area contributed by atoms with Crippen LogP contribution in [0.4, 0.5) is 0 Å². The van der Waals surface area contributed by atoms with Gasteiger partial charge < -0.3 is 5.32 Å². The van der Waals surface area contributed by atoms with Crippen molar-refractivity contribution in [3.63, 3.8) is 0 Å². The monoisotopic (exact) mass is 318 g/mol. The summed E-state index contributed by atoms with van der Waals surface area (Å²) in [6, 6.07) is 11.7. The second-order valence-electron chi connectivity index (χ2n) is 4.27. The maximum absolute atomic E-state index is 12.0. The molecule has 0 aliphatic carbocycles. The summed E-state index contributed by atoms with van der Waals surface area (Å²) in [5.74, 6) is -0.103. The molecule has 2 rings (SSSR count). The van der Waals surface area contributed by atoms with Gasteiger partial charge in [-0.15, -0.1) is 0 Å². The van der Waals surface area contributed by atoms with E-state index in [1.54, 1.807) is 18.3 Å². The van der Waals surface area contributed by atoms with E-state index < -0.39 is 0 Å². The van der Waals surface area contributed by atoms with Gasteiger partial charge >= 0.3 is 0 Å². The Labute approximate surface area is 121 Å². The zero-order valence-electron chi connectivity index (χ0n) is 10.7. The van der Waals surface area contributed by atoms with Crippen LogP contribution in [0.2, 0.25) is 0 Å². The molecule has 0 aliphatic rings. The first-order valence-electron chi connectivity index (χ1n) is 6.11. The van der Waals surface area contributed by atoms with Crippen molar-refractivity contribution in [2.75, 3.05) is 6.54 Å². The number of halogens is 1. The van der Waals surface area contributed by atoms with E-state index in [0.29, 0.717) is 16.7 Å². The molecule has 0 fully saturated rings. The molecule has 0 spiro atoms. The number of amides is 1. The Bertz CT molecular complexity index is 584. The summed E-state index contributed by atoms with van der Waals surface area (Å²) in [5.41, 5.74) is 3.07. The van der Waals surface area contributed by atoms with Gasteiger partial charge in [-0.2, -0.15) is 0 Å². The van der Waals surface area contributed by atoms with Gasteiger partial charge in [-0.25, -0.2) is 4.98 Å². The topological polar surface area (TPSA) is 42.0 Å². The quantitative estimate of drug-likeness (QED) is 0.880. The largest absolute Gasteiger partial charge is 0.352 e. The zero-order valence-corrected chi connectivity index (χ0v) is 12.3. The van der Waals surface area contributed by atoms with Gasteiger partial charge in [0.2, 0.25) is 0 Å². The number of aromatic nitrogens is 1. The minimum Gasteiger partial charge on any atom is -0.352 e. The highest BCUT2D eigenvalue weighted by atomic mass is 79.9. The normalized spacial score (nSPS) is 10.2. The highest BCUT2D eigenvalue weighted by Gasteiger charge is 2.09. The Kier molecular flexibility index (Phi) is 4.68. The summed E-state index contributed by atoms with van der Waals surface area (Å²) < 4.78 is 0.573. The van der Waals surface area contributed by atoms with Crippen molar-refractivity contribution in [2.24, 2.45) is 0 Å². The molecule has 3 nitrogen and oxygen atoms in total. The highest BCUT2D eigenvalue weighted by molar-refractivity contribution is 9.10. The van der Waals surface area contributed by atoms with E-state index in [2.05, 4.69) is 45.3 Å². The van der Waals surface area contributed by atoms with Crippen molar-refractivity contribution in [3.05, 3.63) is 63.9 Å². The minimum absolute atomic E-state index is 0.103. The molecular weight excluding hydrogens is 304 g/mol. The fourth-order valence-electron chi connectivity index (χ4n) is 1.85. The molecule has 98 valence electrons. The Balaban J connectivity index is 1.92. The molecule has 0 radical (unpaired) electrons. The van der Waals surface area contributed by atoms with Crippen LogP contribution in [-0.4, -0.2) is 17.4 Å². The summed E-state index contributed by atoms with van der Waals surface area (Å²) in [6.07, 6.45) is 2.48. The van der Waals surface area contributed by atoms with Gasteiger partial charge in [-0.1, -0.05) is 24.3 Å². The van der Waals surface area contributed by atoms with Crippen LogP contribution < -0.4 is 5.32 Å². The van der Waals surface area contributed by atoms with Crippen molar-refractivity contribution in [2.45, 2.75) is 13.3 Å². The summed E-state index contributed by atoms with van der Waals surface area (Å²) in [6.45, 7) is 2.69. The molecule has 1 aromatic heterocycles. The first-order valence-corrected chi connectivity index (χ1v) is 6.91. The fourth-order valence-corrected chi connectivity index (χ4v) is 2.28. The van der Waals surface area contributed by atoms with Gasteiger partial charge in [0, 0.05) is 12.7 Å². The molecule has 19 heavy (non-hydrogen) atoms. The van der Waals surface area contributed by atoms with Crippen molar-refractivity contribution in [3.8, 4) is 0 Å². The number of pyridine rings is 1. The lowest BCUT2D eigenvalue weighted by molar-refractivity contribution is 0.0953. The third-order valence-electron chi connectivity index (χ3n) is 2.94. The van der Waals surface area contributed by atoms with Crippen molar-refractivity contribution < 1.29 is 4.79 Å². The number of carbonyl (C=O) groups excluding carboxylic acids is 1. The van der Waals surface area contributed by atoms with Crippen LogP contribution in [0.15, 0.2) is 47.2 Å². The average Bonchev–Trinajstić information content (AvgIpc) is 2.41. The van der Waals surface area contributed by atoms with Gasteiger partial charge in [0.15, 0.2) is 0 Å². The molecule has 2 aromatic rings. The lowest BCUT2D eigenvalue weighted by Crippen LogP contribution is -2.26. The van der Waals surface area contributed by atoms with Crippen LogP contribution in [0.5, 0.6) is 0 Å². The predicted octanol–water partition coefficient (Wildman–Crippen LogP) is 3.13. The van der Waals surface area contributed by atoms with Crippen LogP contribution in [0.1, 0.15) is 21.5 Å². The van der Waals surface area contributed by atoms with Gasteiger partial charge in [0.1, 0.15) is 4.60 Å². The van der Waals surface area contributed by atoms with Crippen LogP contribution in [-0.2, 0) is 6.42 Å². The van der Waals surface area contributed by atoms with E-state index in [0.717, 1.165) is 6.42 Å². The Morgan fingerprint density at radius 3 is 2.79 bits per heavy atom. The first-order chi connectivity index (χ1) is 9.18. The van der Waals surface area contributed by atoms with Gasteiger partial charge in [0.05, 0.1) is 5.56 Å². The number of hydrogen-bond acceptors (Lipinski definition) is 2. The van der Waals surface area contributed by atoms with Crippen LogP contribution in [0.25, 0.3) is 0 Å². The van der Waals surface area contributed by atoms with Gasteiger partial charge in [-0.3, -0.25) is 4.79 Å². The average molecular weight is 319 g/mol. The summed E-state index contributed by atoms with van der Waals surface area (Å²) in [7, 11) is 0. The lowest BCUT2D eigenvalue weighted by atomic mass is 10.1. The van der Waals surface area contributed by atoms with Gasteiger partial charge in [0.25, 0.3) is 5.91 Å². The second-order valence-corrected chi connectivity index (χ2v) is 5.03. The van der Waals surface area contributed by atoms with E-state index in [1.165, 1.54) is 11.1 Å². The smallest absolute Gasteiger partial charge is 0.254 e. The Morgan fingerprint density at radius 1 is 1.26 bits per heavy atom. The Hall–Kier alpha value is -1.68. The molecule has 1 heterocycles. The maximum Gasteiger partial charge on any atom is 0.254 e. The summed E-state index contributed by atoms with van der Waals surface area (Å²) >= 11 is 3.27. The third kappa shape index (κ3) is 3.64. The van der Waals surface area contributed by atoms with E-state index in [4.69, 9.17) is 0 Å². The highest BCUT2D eigenvalue weighted by Crippen LogP contribution is 2.12. The zero-order chi connectivity index (χ0) is 13.7. The molecular formula is C15H15BrN2O. The van der Waals surface area contributed by atoms with E-state index >= 15 is 0 Å². The number of rotatable bonds is 4. The molecule has 1 N–H and O–H groups in total. The number of hydrogen-bond donors (Lipinski definition) is 1. The SMILES string of the molecule is Cc1ccccc1CCNC(=O)c1cccnc1Br. The van der Waals surface area contributed by atoms with E-state index in [-0.39, 0.29) is 5.91 Å². The molecule has 0 atom stereocenters. The molecule has 0 saturated carbocycles. The summed E-state index contributed by atoms with van der Waals surface area (Å²) in [5, 5.41) is 2.91. The first kappa shape index (κ1) is 13.7. The molecule has 0 unspecified atom stereocenters. The van der Waals surface area contributed by atoms with Crippen molar-refractivity contribution in [1.29, 1.82) is 0 Å². The molecule has 0 aliphatic heterocycles. The number of aryl methyl sites for hydroxylation is 1. The number of benzene rings is 1. The number of carbonyl (C=O) groups is 1. The van der Waals surface area contributed by atoms with E-state index in [1.807, 2.05) is 12.1 Å².